The number of carbonyl (C=O) groups excluding carboxylic acids is 1. The summed E-state index contributed by atoms with van der Waals surface area (Å²) in [7, 11) is 0. The van der Waals surface area contributed by atoms with E-state index in [-0.39, 0.29) is 6.47 Å². The molecule has 0 aliphatic heterocycles. The number of carbonyl (C=O) groups is 2. The third kappa shape index (κ3) is 4.56. The van der Waals surface area contributed by atoms with Gasteiger partial charge in [-0.25, -0.2) is 5.48 Å². The number of hydrogen-bond acceptors (Lipinski definition) is 3. The lowest BCUT2D eigenvalue weighted by atomic mass is 10.0. The zero-order valence-corrected chi connectivity index (χ0v) is 9.01. The topological polar surface area (TPSA) is 86.6 Å². The largest absolute Gasteiger partial charge is 0.483 e. The molecule has 0 unspecified atom stereocenters. The fourth-order valence-electron chi connectivity index (χ4n) is 1.29. The van der Waals surface area contributed by atoms with Crippen molar-refractivity contribution in [3.05, 3.63) is 35.4 Å². The molecule has 1 amide bonds. The summed E-state index contributed by atoms with van der Waals surface area (Å²) >= 11 is 0. The van der Waals surface area contributed by atoms with Crippen LogP contribution in [0.2, 0.25) is 0 Å². The van der Waals surface area contributed by atoms with Crippen LogP contribution in [0.1, 0.15) is 29.3 Å². The molecule has 5 nitrogen and oxygen atoms in total. The smallest absolute Gasteiger partial charge is 0.290 e. The summed E-state index contributed by atoms with van der Waals surface area (Å²) in [6.45, 7) is 1.80. The first-order valence-electron chi connectivity index (χ1n) is 4.81. The molecule has 0 fully saturated rings. The van der Waals surface area contributed by atoms with Crippen LogP contribution in [-0.2, 0) is 11.2 Å². The normalized spacial score (nSPS) is 8.62. The average molecular weight is 225 g/mol. The predicted octanol–water partition coefficient (Wildman–Crippen LogP) is 1.46. The van der Waals surface area contributed by atoms with Gasteiger partial charge in [0.15, 0.2) is 0 Å². The highest BCUT2D eigenvalue weighted by Gasteiger charge is 2.07. The van der Waals surface area contributed by atoms with Gasteiger partial charge < -0.3 is 5.11 Å². The maximum Gasteiger partial charge on any atom is 0.290 e. The monoisotopic (exact) mass is 225 g/mol. The summed E-state index contributed by atoms with van der Waals surface area (Å²) in [5.74, 6) is -0.441. The zero-order valence-electron chi connectivity index (χ0n) is 9.01. The lowest BCUT2D eigenvalue weighted by Gasteiger charge is -2.05. The fraction of sp³-hybridized carbons (Fsp3) is 0.273. The molecule has 0 radical (unpaired) electrons. The zero-order chi connectivity index (χ0) is 12.4. The van der Waals surface area contributed by atoms with Crippen molar-refractivity contribution in [2.45, 2.75) is 19.8 Å². The van der Waals surface area contributed by atoms with Crippen molar-refractivity contribution in [1.82, 2.24) is 5.48 Å². The van der Waals surface area contributed by atoms with E-state index in [9.17, 15) is 4.79 Å². The Morgan fingerprint density at radius 3 is 2.50 bits per heavy atom. The Morgan fingerprint density at radius 1 is 1.44 bits per heavy atom. The van der Waals surface area contributed by atoms with Gasteiger partial charge in [0.25, 0.3) is 12.4 Å². The van der Waals surface area contributed by atoms with Gasteiger partial charge in [-0.1, -0.05) is 31.5 Å². The van der Waals surface area contributed by atoms with Crippen molar-refractivity contribution in [2.24, 2.45) is 0 Å². The highest BCUT2D eigenvalue weighted by molar-refractivity contribution is 5.94. The lowest BCUT2D eigenvalue weighted by molar-refractivity contribution is -0.122. The molecule has 0 heterocycles. The van der Waals surface area contributed by atoms with Crippen molar-refractivity contribution in [2.75, 3.05) is 0 Å². The summed E-state index contributed by atoms with van der Waals surface area (Å²) in [5, 5.41) is 15.4. The van der Waals surface area contributed by atoms with E-state index in [1.807, 2.05) is 19.1 Å². The molecule has 0 aliphatic carbocycles. The highest BCUT2D eigenvalue weighted by Crippen LogP contribution is 2.10. The Labute approximate surface area is 93.7 Å². The van der Waals surface area contributed by atoms with Crippen LogP contribution in [-0.4, -0.2) is 22.7 Å². The Hall–Kier alpha value is -1.88. The van der Waals surface area contributed by atoms with Crippen molar-refractivity contribution >= 4 is 12.4 Å². The summed E-state index contributed by atoms with van der Waals surface area (Å²) < 4.78 is 0. The van der Waals surface area contributed by atoms with Crippen LogP contribution in [0.4, 0.5) is 0 Å². The first kappa shape index (κ1) is 14.1. The number of carboxylic acid groups (broad SMARTS) is 1. The van der Waals surface area contributed by atoms with E-state index in [4.69, 9.17) is 15.1 Å². The first-order valence-corrected chi connectivity index (χ1v) is 4.81. The number of hydrogen-bond donors (Lipinski definition) is 3. The van der Waals surface area contributed by atoms with E-state index in [0.717, 1.165) is 18.4 Å². The number of amides is 1. The van der Waals surface area contributed by atoms with E-state index < -0.39 is 5.91 Å². The molecular formula is C11H15NO4. The Bertz CT molecular complexity index is 339. The standard InChI is InChI=1S/C10H13NO2.CH2O2/c1-2-5-8-6-3-4-7-9(8)10(12)11-13;2-1-3/h3-4,6-7,13H,2,5H2,1H3,(H,11,12);1H,(H,2,3). The number of nitrogens with one attached hydrogen (secondary N) is 1. The molecule has 5 heteroatoms. The average Bonchev–Trinajstić information content (AvgIpc) is 2.30. The summed E-state index contributed by atoms with van der Waals surface area (Å²) in [6.07, 6.45) is 1.83. The molecule has 3 N–H and O–H groups in total. The summed E-state index contributed by atoms with van der Waals surface area (Å²) in [6, 6.07) is 7.27. The maximum absolute atomic E-state index is 11.1. The van der Waals surface area contributed by atoms with Crippen molar-refractivity contribution in [3.63, 3.8) is 0 Å². The minimum Gasteiger partial charge on any atom is -0.483 e. The number of hydroxylamine groups is 1. The quantitative estimate of drug-likeness (QED) is 0.413. The molecule has 0 bridgehead atoms. The highest BCUT2D eigenvalue weighted by atomic mass is 16.5. The van der Waals surface area contributed by atoms with Crippen molar-refractivity contribution in [1.29, 1.82) is 0 Å². The van der Waals surface area contributed by atoms with Gasteiger partial charge in [0.2, 0.25) is 0 Å². The first-order chi connectivity index (χ1) is 7.71. The third-order valence-electron chi connectivity index (χ3n) is 1.88. The van der Waals surface area contributed by atoms with Crippen molar-refractivity contribution < 1.29 is 19.9 Å². The van der Waals surface area contributed by atoms with Crippen LogP contribution in [0.3, 0.4) is 0 Å². The second-order valence-corrected chi connectivity index (χ2v) is 2.95. The molecule has 0 saturated heterocycles. The van der Waals surface area contributed by atoms with Crippen LogP contribution < -0.4 is 5.48 Å². The van der Waals surface area contributed by atoms with Gasteiger partial charge >= 0.3 is 0 Å². The van der Waals surface area contributed by atoms with Crippen LogP contribution in [0.15, 0.2) is 24.3 Å². The summed E-state index contributed by atoms with van der Waals surface area (Å²) in [5.41, 5.74) is 3.16. The molecule has 0 aromatic heterocycles. The van der Waals surface area contributed by atoms with Crippen molar-refractivity contribution in [3.8, 4) is 0 Å². The maximum atomic E-state index is 11.1. The van der Waals surface area contributed by atoms with E-state index in [2.05, 4.69) is 0 Å². The van der Waals surface area contributed by atoms with Gasteiger partial charge in [0.1, 0.15) is 0 Å². The van der Waals surface area contributed by atoms with E-state index >= 15 is 0 Å². The molecule has 0 atom stereocenters. The SMILES string of the molecule is CCCc1ccccc1C(=O)NO.O=CO. The van der Waals surface area contributed by atoms with Gasteiger partial charge in [-0.3, -0.25) is 14.8 Å². The number of aryl methyl sites for hydroxylation is 1. The predicted molar refractivity (Wildman–Crippen MR) is 58.4 cm³/mol. The molecule has 0 spiro atoms. The molecule has 0 aliphatic rings. The van der Waals surface area contributed by atoms with E-state index in [1.54, 1.807) is 17.6 Å². The Balaban J connectivity index is 0.000000673. The van der Waals surface area contributed by atoms with Gasteiger partial charge in [0.05, 0.1) is 0 Å². The van der Waals surface area contributed by atoms with E-state index in [1.165, 1.54) is 0 Å². The number of benzene rings is 1. The second-order valence-electron chi connectivity index (χ2n) is 2.95. The molecule has 0 saturated carbocycles. The van der Waals surface area contributed by atoms with Gasteiger partial charge in [-0.15, -0.1) is 0 Å². The second kappa shape index (κ2) is 8.43. The minimum absolute atomic E-state index is 0.250. The fourth-order valence-corrected chi connectivity index (χ4v) is 1.29. The van der Waals surface area contributed by atoms with Gasteiger partial charge in [-0.2, -0.15) is 0 Å². The van der Waals surface area contributed by atoms with Crippen LogP contribution in [0.25, 0.3) is 0 Å². The molecular weight excluding hydrogens is 210 g/mol. The third-order valence-corrected chi connectivity index (χ3v) is 1.88. The summed E-state index contributed by atoms with van der Waals surface area (Å²) in [4.78, 5) is 19.5. The molecule has 88 valence electrons. The molecule has 1 aromatic rings. The molecule has 1 aromatic carbocycles. The lowest BCUT2D eigenvalue weighted by Crippen LogP contribution is -2.20. The van der Waals surface area contributed by atoms with Crippen LogP contribution >= 0.6 is 0 Å². The Kier molecular flexibility index (Phi) is 7.44. The van der Waals surface area contributed by atoms with Crippen LogP contribution in [0, 0.1) is 0 Å². The Morgan fingerprint density at radius 2 is 2.00 bits per heavy atom. The van der Waals surface area contributed by atoms with Crippen LogP contribution in [0.5, 0.6) is 0 Å². The van der Waals surface area contributed by atoms with E-state index in [0.29, 0.717) is 5.56 Å². The number of rotatable bonds is 3. The van der Waals surface area contributed by atoms with Gasteiger partial charge in [-0.05, 0) is 18.1 Å². The minimum atomic E-state index is -0.441. The molecule has 1 rings (SSSR count). The van der Waals surface area contributed by atoms with Gasteiger partial charge in [0, 0.05) is 5.56 Å². The molecule has 16 heavy (non-hydrogen) atoms.